The first-order valence-electron chi connectivity index (χ1n) is 5.27. The summed E-state index contributed by atoms with van der Waals surface area (Å²) in [6.45, 7) is 3.18. The first-order valence-corrected chi connectivity index (χ1v) is 7.58. The lowest BCUT2D eigenvalue weighted by molar-refractivity contribution is -0.385. The lowest BCUT2D eigenvalue weighted by Gasteiger charge is -2.10. The fourth-order valence-electron chi connectivity index (χ4n) is 1.37. The predicted molar refractivity (Wildman–Crippen MR) is 68.7 cm³/mol. The molecule has 1 rings (SSSR count). The summed E-state index contributed by atoms with van der Waals surface area (Å²) in [6.07, 6.45) is 0. The average Bonchev–Trinajstić information content (AvgIpc) is 2.25. The van der Waals surface area contributed by atoms with Gasteiger partial charge in [-0.05, 0) is 13.8 Å². The first kappa shape index (κ1) is 16.3. The largest absolute Gasteiger partial charge is 0.350 e. The number of rotatable bonds is 4. The molecule has 7 nitrogen and oxygen atoms in total. The normalized spacial score (nSPS) is 11.4. The van der Waals surface area contributed by atoms with Crippen LogP contribution < -0.4 is 5.32 Å². The van der Waals surface area contributed by atoms with Crippen molar-refractivity contribution in [2.24, 2.45) is 0 Å². The molecule has 1 amide bonds. The van der Waals surface area contributed by atoms with E-state index in [1.165, 1.54) is 0 Å². The standard InChI is InChI=1S/C10H10ClFN2O5S/c1-5(2)13-10(15)7-3-6(14(16)17)4-8(9(7)12)20(11,18)19/h3-5H,1-2H3,(H,13,15). The topological polar surface area (TPSA) is 106 Å². The number of nitrogens with zero attached hydrogens (tertiary/aromatic N) is 1. The Labute approximate surface area is 118 Å². The van der Waals surface area contributed by atoms with Gasteiger partial charge in [0.25, 0.3) is 20.6 Å². The van der Waals surface area contributed by atoms with E-state index in [9.17, 15) is 27.7 Å². The van der Waals surface area contributed by atoms with Crippen molar-refractivity contribution >= 4 is 31.3 Å². The lowest BCUT2D eigenvalue weighted by Crippen LogP contribution is -2.31. The van der Waals surface area contributed by atoms with Gasteiger partial charge in [0, 0.05) is 28.9 Å². The molecule has 0 radical (unpaired) electrons. The number of non-ortho nitro benzene ring substituents is 1. The number of carbonyl (C=O) groups is 1. The molecule has 0 heterocycles. The van der Waals surface area contributed by atoms with E-state index >= 15 is 0 Å². The number of nitro benzene ring substituents is 1. The van der Waals surface area contributed by atoms with Gasteiger partial charge < -0.3 is 5.32 Å². The van der Waals surface area contributed by atoms with Crippen LogP contribution >= 0.6 is 10.7 Å². The van der Waals surface area contributed by atoms with Gasteiger partial charge in [0.15, 0.2) is 5.82 Å². The van der Waals surface area contributed by atoms with Gasteiger partial charge in [-0.1, -0.05) is 0 Å². The summed E-state index contributed by atoms with van der Waals surface area (Å²) in [7, 11) is 0.440. The van der Waals surface area contributed by atoms with Crippen LogP contribution in [-0.4, -0.2) is 25.3 Å². The second-order valence-corrected chi connectivity index (χ2v) is 6.66. The van der Waals surface area contributed by atoms with E-state index in [2.05, 4.69) is 5.32 Å². The molecule has 1 aromatic rings. The molecule has 110 valence electrons. The Bertz CT molecular complexity index is 674. The van der Waals surface area contributed by atoms with Crippen LogP contribution in [0, 0.1) is 15.9 Å². The average molecular weight is 325 g/mol. The summed E-state index contributed by atoms with van der Waals surface area (Å²) in [6, 6.07) is 0.750. The predicted octanol–water partition coefficient (Wildman–Crippen LogP) is 1.80. The van der Waals surface area contributed by atoms with E-state index in [0.717, 1.165) is 0 Å². The van der Waals surface area contributed by atoms with Crippen molar-refractivity contribution in [2.45, 2.75) is 24.8 Å². The van der Waals surface area contributed by atoms with Gasteiger partial charge in [0.05, 0.1) is 10.5 Å². The molecule has 0 bridgehead atoms. The monoisotopic (exact) mass is 324 g/mol. The minimum absolute atomic E-state index is 0.364. The van der Waals surface area contributed by atoms with Crippen LogP contribution in [0.5, 0.6) is 0 Å². The smallest absolute Gasteiger partial charge is 0.271 e. The Hall–Kier alpha value is -1.74. The fraction of sp³-hybridized carbons (Fsp3) is 0.300. The van der Waals surface area contributed by atoms with E-state index in [1.807, 2.05) is 0 Å². The number of carbonyl (C=O) groups excluding carboxylic acids is 1. The van der Waals surface area contributed by atoms with Crippen LogP contribution in [0.1, 0.15) is 24.2 Å². The minimum atomic E-state index is -4.56. The molecule has 10 heteroatoms. The zero-order valence-corrected chi connectivity index (χ0v) is 12.0. The zero-order valence-electron chi connectivity index (χ0n) is 10.4. The van der Waals surface area contributed by atoms with Gasteiger partial charge in [0.1, 0.15) is 4.90 Å². The third kappa shape index (κ3) is 3.64. The van der Waals surface area contributed by atoms with Crippen molar-refractivity contribution in [1.29, 1.82) is 0 Å². The van der Waals surface area contributed by atoms with Crippen LogP contribution in [0.25, 0.3) is 0 Å². The van der Waals surface area contributed by atoms with Gasteiger partial charge in [-0.3, -0.25) is 14.9 Å². The third-order valence-electron chi connectivity index (χ3n) is 2.16. The Morgan fingerprint density at radius 1 is 1.45 bits per heavy atom. The van der Waals surface area contributed by atoms with Crippen molar-refractivity contribution in [3.05, 3.63) is 33.6 Å². The molecule has 0 saturated heterocycles. The fourth-order valence-corrected chi connectivity index (χ4v) is 2.29. The van der Waals surface area contributed by atoms with E-state index < -0.39 is 41.8 Å². The molecule has 1 N–H and O–H groups in total. The molecule has 0 saturated carbocycles. The number of hydrogen-bond acceptors (Lipinski definition) is 5. The van der Waals surface area contributed by atoms with Gasteiger partial charge >= 0.3 is 0 Å². The molecule has 0 aliphatic heterocycles. The van der Waals surface area contributed by atoms with Gasteiger partial charge in [-0.25, -0.2) is 12.8 Å². The van der Waals surface area contributed by atoms with Crippen LogP contribution in [0.4, 0.5) is 10.1 Å². The van der Waals surface area contributed by atoms with E-state index in [-0.39, 0.29) is 6.04 Å². The summed E-state index contributed by atoms with van der Waals surface area (Å²) >= 11 is 0. The van der Waals surface area contributed by atoms with Crippen molar-refractivity contribution in [3.63, 3.8) is 0 Å². The van der Waals surface area contributed by atoms with Crippen LogP contribution in [0.15, 0.2) is 17.0 Å². The van der Waals surface area contributed by atoms with Crippen molar-refractivity contribution in [2.75, 3.05) is 0 Å². The van der Waals surface area contributed by atoms with Crippen molar-refractivity contribution in [3.8, 4) is 0 Å². The Morgan fingerprint density at radius 2 is 2.00 bits per heavy atom. The molecule has 0 unspecified atom stereocenters. The molecule has 1 aromatic carbocycles. The van der Waals surface area contributed by atoms with Gasteiger partial charge in [0.2, 0.25) is 0 Å². The lowest BCUT2D eigenvalue weighted by atomic mass is 10.1. The molecular weight excluding hydrogens is 315 g/mol. The highest BCUT2D eigenvalue weighted by molar-refractivity contribution is 8.13. The van der Waals surface area contributed by atoms with Crippen molar-refractivity contribution < 1.29 is 22.5 Å². The number of amides is 1. The van der Waals surface area contributed by atoms with E-state index in [4.69, 9.17) is 10.7 Å². The SMILES string of the molecule is CC(C)NC(=O)c1cc([N+](=O)[O-])cc(S(=O)(=O)Cl)c1F. The van der Waals surface area contributed by atoms with Gasteiger partial charge in [-0.2, -0.15) is 0 Å². The summed E-state index contributed by atoms with van der Waals surface area (Å²) in [5, 5.41) is 13.0. The number of hydrogen-bond donors (Lipinski definition) is 1. The van der Waals surface area contributed by atoms with E-state index in [0.29, 0.717) is 12.1 Å². The molecule has 20 heavy (non-hydrogen) atoms. The van der Waals surface area contributed by atoms with Crippen molar-refractivity contribution in [1.82, 2.24) is 5.32 Å². The van der Waals surface area contributed by atoms with Crippen LogP contribution in [-0.2, 0) is 9.05 Å². The maximum atomic E-state index is 14.0. The maximum absolute atomic E-state index is 14.0. The maximum Gasteiger partial charge on any atom is 0.271 e. The quantitative estimate of drug-likeness (QED) is 0.516. The summed E-state index contributed by atoms with van der Waals surface area (Å²) in [5.74, 6) is -2.40. The van der Waals surface area contributed by atoms with E-state index in [1.54, 1.807) is 13.8 Å². The molecular formula is C10H10ClFN2O5S. The summed E-state index contributed by atoms with van der Waals surface area (Å²) < 4.78 is 36.4. The number of nitro groups is 1. The molecule has 0 aliphatic rings. The van der Waals surface area contributed by atoms with Crippen LogP contribution in [0.2, 0.25) is 0 Å². The molecule has 0 atom stereocenters. The number of halogens is 2. The number of nitrogens with one attached hydrogen (secondary N) is 1. The summed E-state index contributed by atoms with van der Waals surface area (Å²) in [5.41, 5.74) is -1.51. The van der Waals surface area contributed by atoms with Crippen LogP contribution in [0.3, 0.4) is 0 Å². The Balaban J connectivity index is 3.56. The Kier molecular flexibility index (Phi) is 4.66. The van der Waals surface area contributed by atoms with Gasteiger partial charge in [-0.15, -0.1) is 0 Å². The second kappa shape index (κ2) is 5.71. The molecule has 0 spiro atoms. The molecule has 0 aliphatic carbocycles. The Morgan fingerprint density at radius 3 is 2.40 bits per heavy atom. The highest BCUT2D eigenvalue weighted by Crippen LogP contribution is 2.27. The minimum Gasteiger partial charge on any atom is -0.350 e. The number of benzene rings is 1. The third-order valence-corrected chi connectivity index (χ3v) is 3.48. The first-order chi connectivity index (χ1) is 9.04. The zero-order chi connectivity index (χ0) is 15.7. The summed E-state index contributed by atoms with van der Waals surface area (Å²) in [4.78, 5) is 20.4. The highest BCUT2D eigenvalue weighted by Gasteiger charge is 2.27. The highest BCUT2D eigenvalue weighted by atomic mass is 35.7. The molecule has 0 fully saturated rings. The second-order valence-electron chi connectivity index (χ2n) is 4.13. The molecule has 0 aromatic heterocycles.